The SMILES string of the molecule is C=N/C(=N\C=C(/COCCO)C(F)(F)F)SC. The van der Waals surface area contributed by atoms with Crippen LogP contribution < -0.4 is 0 Å². The molecule has 0 heterocycles. The molecule has 0 saturated carbocycles. The molecule has 0 fully saturated rings. The van der Waals surface area contributed by atoms with Crippen molar-refractivity contribution in [2.45, 2.75) is 6.18 Å². The van der Waals surface area contributed by atoms with E-state index in [9.17, 15) is 13.2 Å². The van der Waals surface area contributed by atoms with Crippen molar-refractivity contribution in [1.82, 2.24) is 0 Å². The Morgan fingerprint density at radius 1 is 1.53 bits per heavy atom. The maximum Gasteiger partial charge on any atom is 0.416 e. The molecule has 0 unspecified atom stereocenters. The van der Waals surface area contributed by atoms with E-state index in [0.29, 0.717) is 6.20 Å². The number of aliphatic hydroxyl groups excluding tert-OH is 1. The molecule has 0 aliphatic heterocycles. The molecule has 0 aromatic heterocycles. The van der Waals surface area contributed by atoms with E-state index >= 15 is 0 Å². The molecule has 0 spiro atoms. The zero-order chi connectivity index (χ0) is 13.3. The van der Waals surface area contributed by atoms with Crippen LogP contribution in [0.15, 0.2) is 21.8 Å². The molecule has 98 valence electrons. The maximum atomic E-state index is 12.5. The van der Waals surface area contributed by atoms with Crippen LogP contribution in [0.2, 0.25) is 0 Å². The number of rotatable bonds is 5. The van der Waals surface area contributed by atoms with Crippen LogP contribution in [0, 0.1) is 0 Å². The highest BCUT2D eigenvalue weighted by molar-refractivity contribution is 8.13. The van der Waals surface area contributed by atoms with Crippen molar-refractivity contribution in [3.05, 3.63) is 11.8 Å². The van der Waals surface area contributed by atoms with E-state index in [0.717, 1.165) is 11.8 Å². The third-order valence-corrected chi connectivity index (χ3v) is 2.11. The second-order valence-electron chi connectivity index (χ2n) is 2.70. The van der Waals surface area contributed by atoms with Gasteiger partial charge in [-0.1, -0.05) is 11.8 Å². The highest BCUT2D eigenvalue weighted by Gasteiger charge is 2.33. The highest BCUT2D eigenvalue weighted by Crippen LogP contribution is 2.26. The highest BCUT2D eigenvalue weighted by atomic mass is 32.2. The minimum absolute atomic E-state index is 0.133. The Hall–Kier alpha value is -0.860. The minimum atomic E-state index is -4.52. The lowest BCUT2D eigenvalue weighted by Gasteiger charge is -2.10. The molecule has 0 rings (SSSR count). The first-order valence-corrected chi connectivity index (χ1v) is 5.71. The second-order valence-corrected chi connectivity index (χ2v) is 3.48. The third-order valence-electron chi connectivity index (χ3n) is 1.51. The molecule has 0 amide bonds. The Morgan fingerprint density at radius 3 is 2.59 bits per heavy atom. The summed E-state index contributed by atoms with van der Waals surface area (Å²) in [6, 6.07) is 0. The van der Waals surface area contributed by atoms with Gasteiger partial charge in [0.2, 0.25) is 0 Å². The summed E-state index contributed by atoms with van der Waals surface area (Å²) < 4.78 is 42.0. The zero-order valence-corrected chi connectivity index (χ0v) is 10.0. The predicted molar refractivity (Wildman–Crippen MR) is 62.5 cm³/mol. The van der Waals surface area contributed by atoms with Crippen molar-refractivity contribution in [3.8, 4) is 0 Å². The van der Waals surface area contributed by atoms with Crippen LogP contribution >= 0.6 is 11.8 Å². The quantitative estimate of drug-likeness (QED) is 0.471. The maximum absolute atomic E-state index is 12.5. The first-order valence-electron chi connectivity index (χ1n) is 4.49. The van der Waals surface area contributed by atoms with Gasteiger partial charge < -0.3 is 9.84 Å². The van der Waals surface area contributed by atoms with Crippen LogP contribution in [0.5, 0.6) is 0 Å². The van der Waals surface area contributed by atoms with E-state index in [4.69, 9.17) is 5.11 Å². The zero-order valence-electron chi connectivity index (χ0n) is 9.20. The number of hydrogen-bond acceptors (Lipinski definition) is 4. The molecule has 0 bridgehead atoms. The van der Waals surface area contributed by atoms with Crippen molar-refractivity contribution < 1.29 is 23.0 Å². The topological polar surface area (TPSA) is 54.2 Å². The normalized spacial score (nSPS) is 13.9. The lowest BCUT2D eigenvalue weighted by atomic mass is 10.3. The van der Waals surface area contributed by atoms with E-state index in [2.05, 4.69) is 21.4 Å². The van der Waals surface area contributed by atoms with Crippen LogP contribution in [0.3, 0.4) is 0 Å². The van der Waals surface area contributed by atoms with Gasteiger partial charge in [-0.3, -0.25) is 0 Å². The number of alkyl halides is 3. The first-order chi connectivity index (χ1) is 7.95. The molecule has 0 saturated heterocycles. The van der Waals surface area contributed by atoms with Gasteiger partial charge in [-0.25, -0.2) is 9.98 Å². The number of ether oxygens (including phenoxy) is 1. The second kappa shape index (κ2) is 8.26. The molecular formula is C9H13F3N2O2S. The summed E-state index contributed by atoms with van der Waals surface area (Å²) in [5.41, 5.74) is -0.943. The number of aliphatic hydroxyl groups is 1. The molecular weight excluding hydrogens is 257 g/mol. The van der Waals surface area contributed by atoms with Gasteiger partial charge in [-0.2, -0.15) is 13.2 Å². The van der Waals surface area contributed by atoms with Crippen molar-refractivity contribution in [3.63, 3.8) is 0 Å². The Kier molecular flexibility index (Phi) is 7.85. The molecule has 17 heavy (non-hydrogen) atoms. The standard InChI is InChI=1S/C9H13F3N2O2S/c1-13-8(17-2)14-5-7(9(10,11)12)6-16-4-3-15/h5,15H,1,3-4,6H2,2H3/b7-5+,14-8+. The largest absolute Gasteiger partial charge is 0.416 e. The number of nitrogens with zero attached hydrogens (tertiary/aromatic N) is 2. The number of thioether (sulfide) groups is 1. The van der Waals surface area contributed by atoms with Gasteiger partial charge >= 0.3 is 6.18 Å². The molecule has 1 N–H and O–H groups in total. The molecule has 0 radical (unpaired) electrons. The monoisotopic (exact) mass is 270 g/mol. The van der Waals surface area contributed by atoms with Crippen molar-refractivity contribution in [2.24, 2.45) is 9.98 Å². The molecule has 0 aromatic carbocycles. The van der Waals surface area contributed by atoms with Gasteiger partial charge in [0, 0.05) is 6.20 Å². The fourth-order valence-corrected chi connectivity index (χ4v) is 1.02. The summed E-state index contributed by atoms with van der Waals surface area (Å²) in [5.74, 6) is 0. The molecule has 4 nitrogen and oxygen atoms in total. The average Bonchev–Trinajstić information content (AvgIpc) is 2.26. The number of hydrogen-bond donors (Lipinski definition) is 1. The van der Waals surface area contributed by atoms with Crippen molar-refractivity contribution >= 4 is 23.6 Å². The minimum Gasteiger partial charge on any atom is -0.394 e. The van der Waals surface area contributed by atoms with Gasteiger partial charge in [-0.05, 0) is 13.0 Å². The Balaban J connectivity index is 4.74. The summed E-state index contributed by atoms with van der Waals surface area (Å²) in [4.78, 5) is 6.96. The lowest BCUT2D eigenvalue weighted by molar-refractivity contribution is -0.101. The van der Waals surface area contributed by atoms with E-state index in [1.54, 1.807) is 6.26 Å². The molecule has 0 aromatic rings. The van der Waals surface area contributed by atoms with E-state index in [1.165, 1.54) is 0 Å². The van der Waals surface area contributed by atoms with Crippen LogP contribution in [-0.4, -0.2) is 49.2 Å². The Labute approximate surface area is 101 Å². The third kappa shape index (κ3) is 7.14. The van der Waals surface area contributed by atoms with Crippen molar-refractivity contribution in [2.75, 3.05) is 26.1 Å². The van der Waals surface area contributed by atoms with Crippen molar-refractivity contribution in [1.29, 1.82) is 0 Å². The fraction of sp³-hybridized carbons (Fsp3) is 0.556. The number of halogens is 3. The molecule has 0 aliphatic carbocycles. The molecule has 0 aliphatic rings. The number of amidine groups is 1. The lowest BCUT2D eigenvalue weighted by Crippen LogP contribution is -2.17. The summed E-state index contributed by atoms with van der Waals surface area (Å²) >= 11 is 1.08. The summed E-state index contributed by atoms with van der Waals surface area (Å²) in [5, 5.41) is 8.53. The first kappa shape index (κ1) is 16.1. The number of aliphatic imine (C=N–C) groups is 2. The van der Waals surface area contributed by atoms with Crippen LogP contribution in [0.1, 0.15) is 0 Å². The van der Waals surface area contributed by atoms with Gasteiger partial charge in [0.25, 0.3) is 0 Å². The smallest absolute Gasteiger partial charge is 0.394 e. The summed E-state index contributed by atoms with van der Waals surface area (Å²) in [6.07, 6.45) is -2.25. The fourth-order valence-electron chi connectivity index (χ4n) is 0.730. The van der Waals surface area contributed by atoms with Crippen LogP contribution in [0.4, 0.5) is 13.2 Å². The van der Waals surface area contributed by atoms with E-state index < -0.39 is 18.4 Å². The Morgan fingerprint density at radius 2 is 2.18 bits per heavy atom. The van der Waals surface area contributed by atoms with Crippen LogP contribution in [0.25, 0.3) is 0 Å². The summed E-state index contributed by atoms with van der Waals surface area (Å²) in [7, 11) is 0. The average molecular weight is 270 g/mol. The molecule has 8 heteroatoms. The van der Waals surface area contributed by atoms with Gasteiger partial charge in [0.05, 0.1) is 25.4 Å². The van der Waals surface area contributed by atoms with Gasteiger partial charge in [-0.15, -0.1) is 0 Å². The van der Waals surface area contributed by atoms with Crippen LogP contribution in [-0.2, 0) is 4.74 Å². The Bertz CT molecular complexity index is 303. The molecule has 0 atom stereocenters. The summed E-state index contributed by atoms with van der Waals surface area (Å²) in [6.45, 7) is 2.02. The van der Waals surface area contributed by atoms with Gasteiger partial charge in [0.15, 0.2) is 5.17 Å². The van der Waals surface area contributed by atoms with E-state index in [-0.39, 0.29) is 18.4 Å². The predicted octanol–water partition coefficient (Wildman–Crippen LogP) is 1.86. The van der Waals surface area contributed by atoms with E-state index in [1.807, 2.05) is 0 Å². The van der Waals surface area contributed by atoms with Gasteiger partial charge in [0.1, 0.15) is 0 Å².